The standard InChI is InChI=1S/C12H15NO2/c1-2-3-4-5-12(14)10-6-8-11(13-15)9-7-10/h6-9H,2-5H2,1H3. The van der Waals surface area contributed by atoms with E-state index in [1.165, 1.54) is 0 Å². The molecule has 0 aliphatic heterocycles. The highest BCUT2D eigenvalue weighted by Crippen LogP contribution is 2.14. The van der Waals surface area contributed by atoms with E-state index in [0.717, 1.165) is 19.3 Å². The minimum atomic E-state index is 0.140. The molecular weight excluding hydrogens is 190 g/mol. The van der Waals surface area contributed by atoms with Crippen molar-refractivity contribution in [3.05, 3.63) is 34.7 Å². The summed E-state index contributed by atoms with van der Waals surface area (Å²) >= 11 is 0. The van der Waals surface area contributed by atoms with E-state index in [0.29, 0.717) is 17.7 Å². The molecular formula is C12H15NO2. The number of benzene rings is 1. The van der Waals surface area contributed by atoms with Crippen molar-refractivity contribution >= 4 is 11.5 Å². The Hall–Kier alpha value is -1.51. The van der Waals surface area contributed by atoms with Crippen LogP contribution in [0, 0.1) is 4.91 Å². The fraction of sp³-hybridized carbons (Fsp3) is 0.417. The molecule has 0 aromatic heterocycles. The number of hydrogen-bond acceptors (Lipinski definition) is 3. The summed E-state index contributed by atoms with van der Waals surface area (Å²) in [4.78, 5) is 21.8. The van der Waals surface area contributed by atoms with Gasteiger partial charge in [0.15, 0.2) is 5.78 Å². The molecule has 1 rings (SSSR count). The molecule has 0 saturated carbocycles. The minimum absolute atomic E-state index is 0.140. The van der Waals surface area contributed by atoms with Crippen LogP contribution in [0.3, 0.4) is 0 Å². The van der Waals surface area contributed by atoms with E-state index in [1.807, 2.05) is 0 Å². The van der Waals surface area contributed by atoms with E-state index < -0.39 is 0 Å². The summed E-state index contributed by atoms with van der Waals surface area (Å²) in [6.07, 6.45) is 3.71. The maximum absolute atomic E-state index is 11.6. The average molecular weight is 205 g/mol. The van der Waals surface area contributed by atoms with Crippen molar-refractivity contribution in [3.63, 3.8) is 0 Å². The van der Waals surface area contributed by atoms with Crippen LogP contribution in [0.2, 0.25) is 0 Å². The van der Waals surface area contributed by atoms with Crippen molar-refractivity contribution in [2.75, 3.05) is 0 Å². The van der Waals surface area contributed by atoms with Gasteiger partial charge in [0, 0.05) is 12.0 Å². The smallest absolute Gasteiger partial charge is 0.162 e. The summed E-state index contributed by atoms with van der Waals surface area (Å²) in [6, 6.07) is 6.45. The molecule has 0 heterocycles. The first-order chi connectivity index (χ1) is 7.27. The van der Waals surface area contributed by atoms with Gasteiger partial charge < -0.3 is 0 Å². The van der Waals surface area contributed by atoms with Crippen molar-refractivity contribution in [1.82, 2.24) is 0 Å². The number of carbonyl (C=O) groups is 1. The van der Waals surface area contributed by atoms with E-state index in [9.17, 15) is 9.70 Å². The van der Waals surface area contributed by atoms with Crippen LogP contribution in [0.1, 0.15) is 43.0 Å². The summed E-state index contributed by atoms with van der Waals surface area (Å²) < 4.78 is 0. The highest BCUT2D eigenvalue weighted by molar-refractivity contribution is 5.96. The average Bonchev–Trinajstić information content (AvgIpc) is 2.29. The second kappa shape index (κ2) is 6.06. The third-order valence-electron chi connectivity index (χ3n) is 2.30. The van der Waals surface area contributed by atoms with Gasteiger partial charge in [0.2, 0.25) is 0 Å². The first kappa shape index (κ1) is 11.6. The Morgan fingerprint density at radius 2 is 1.87 bits per heavy atom. The van der Waals surface area contributed by atoms with Crippen LogP contribution in [-0.2, 0) is 0 Å². The highest BCUT2D eigenvalue weighted by Gasteiger charge is 2.04. The Balaban J connectivity index is 2.54. The Bertz CT molecular complexity index is 330. The lowest BCUT2D eigenvalue weighted by atomic mass is 10.0. The zero-order valence-electron chi connectivity index (χ0n) is 8.90. The molecule has 0 unspecified atom stereocenters. The summed E-state index contributed by atoms with van der Waals surface area (Å²) in [7, 11) is 0. The monoisotopic (exact) mass is 205 g/mol. The summed E-state index contributed by atoms with van der Waals surface area (Å²) in [5, 5.41) is 2.79. The first-order valence-electron chi connectivity index (χ1n) is 5.24. The molecule has 1 aromatic rings. The third-order valence-corrected chi connectivity index (χ3v) is 2.30. The summed E-state index contributed by atoms with van der Waals surface area (Å²) in [6.45, 7) is 2.11. The molecule has 0 amide bonds. The lowest BCUT2D eigenvalue weighted by Crippen LogP contribution is -1.97. The number of rotatable bonds is 6. The number of Topliss-reactive ketones (excluding diaryl/α,β-unsaturated/α-hetero) is 1. The zero-order valence-corrected chi connectivity index (χ0v) is 8.90. The Labute approximate surface area is 89.5 Å². The number of unbranched alkanes of at least 4 members (excludes halogenated alkanes) is 2. The van der Waals surface area contributed by atoms with E-state index in [4.69, 9.17) is 0 Å². The fourth-order valence-corrected chi connectivity index (χ4v) is 1.39. The number of nitroso groups, excluding NO2 is 1. The second-order valence-corrected chi connectivity index (χ2v) is 3.52. The molecule has 0 bridgehead atoms. The van der Waals surface area contributed by atoms with Gasteiger partial charge >= 0.3 is 0 Å². The van der Waals surface area contributed by atoms with Gasteiger partial charge in [-0.15, -0.1) is 4.91 Å². The number of ketones is 1. The predicted octanol–water partition coefficient (Wildman–Crippen LogP) is 3.85. The van der Waals surface area contributed by atoms with Crippen LogP contribution < -0.4 is 0 Å². The normalized spacial score (nSPS) is 9.93. The fourth-order valence-electron chi connectivity index (χ4n) is 1.39. The Morgan fingerprint density at radius 3 is 2.40 bits per heavy atom. The molecule has 80 valence electrons. The van der Waals surface area contributed by atoms with Crippen molar-refractivity contribution in [2.45, 2.75) is 32.6 Å². The van der Waals surface area contributed by atoms with Gasteiger partial charge in [0.1, 0.15) is 5.69 Å². The van der Waals surface area contributed by atoms with Gasteiger partial charge in [0.25, 0.3) is 0 Å². The molecule has 0 radical (unpaired) electrons. The molecule has 15 heavy (non-hydrogen) atoms. The van der Waals surface area contributed by atoms with Gasteiger partial charge in [-0.25, -0.2) is 0 Å². The number of carbonyl (C=O) groups excluding carboxylic acids is 1. The molecule has 3 heteroatoms. The zero-order chi connectivity index (χ0) is 11.1. The van der Waals surface area contributed by atoms with E-state index in [2.05, 4.69) is 12.1 Å². The highest BCUT2D eigenvalue weighted by atomic mass is 16.3. The van der Waals surface area contributed by atoms with Crippen molar-refractivity contribution in [2.24, 2.45) is 5.18 Å². The van der Waals surface area contributed by atoms with Gasteiger partial charge in [-0.3, -0.25) is 4.79 Å². The third kappa shape index (κ3) is 3.62. The molecule has 0 atom stereocenters. The molecule has 0 fully saturated rings. The molecule has 0 N–H and O–H groups in total. The van der Waals surface area contributed by atoms with Crippen LogP contribution in [0.4, 0.5) is 5.69 Å². The lowest BCUT2D eigenvalue weighted by molar-refractivity contribution is 0.0979. The minimum Gasteiger partial charge on any atom is -0.294 e. The molecule has 0 saturated heterocycles. The predicted molar refractivity (Wildman–Crippen MR) is 60.4 cm³/mol. The van der Waals surface area contributed by atoms with Crippen molar-refractivity contribution in [3.8, 4) is 0 Å². The maximum atomic E-state index is 11.6. The van der Waals surface area contributed by atoms with E-state index in [1.54, 1.807) is 24.3 Å². The number of hydrogen-bond donors (Lipinski definition) is 0. The number of nitrogens with zero attached hydrogens (tertiary/aromatic N) is 1. The summed E-state index contributed by atoms with van der Waals surface area (Å²) in [5.41, 5.74) is 1.03. The quantitative estimate of drug-likeness (QED) is 0.402. The summed E-state index contributed by atoms with van der Waals surface area (Å²) in [5.74, 6) is 0.140. The van der Waals surface area contributed by atoms with Gasteiger partial charge in [-0.2, -0.15) is 0 Å². The maximum Gasteiger partial charge on any atom is 0.162 e. The van der Waals surface area contributed by atoms with E-state index in [-0.39, 0.29) is 5.78 Å². The molecule has 1 aromatic carbocycles. The molecule has 0 aliphatic carbocycles. The largest absolute Gasteiger partial charge is 0.294 e. The molecule has 0 aliphatic rings. The lowest BCUT2D eigenvalue weighted by Gasteiger charge is -2.00. The van der Waals surface area contributed by atoms with Crippen LogP contribution >= 0.6 is 0 Å². The van der Waals surface area contributed by atoms with Crippen LogP contribution in [0.25, 0.3) is 0 Å². The van der Waals surface area contributed by atoms with Gasteiger partial charge in [-0.1, -0.05) is 19.8 Å². The SMILES string of the molecule is CCCCCC(=O)c1ccc(N=O)cc1. The Morgan fingerprint density at radius 1 is 1.20 bits per heavy atom. The molecule has 0 spiro atoms. The molecule has 3 nitrogen and oxygen atoms in total. The van der Waals surface area contributed by atoms with Gasteiger partial charge in [0.05, 0.1) is 0 Å². The van der Waals surface area contributed by atoms with Gasteiger partial charge in [-0.05, 0) is 35.9 Å². The van der Waals surface area contributed by atoms with Crippen LogP contribution in [0.5, 0.6) is 0 Å². The first-order valence-corrected chi connectivity index (χ1v) is 5.24. The van der Waals surface area contributed by atoms with Crippen LogP contribution in [-0.4, -0.2) is 5.78 Å². The second-order valence-electron chi connectivity index (χ2n) is 3.52. The van der Waals surface area contributed by atoms with E-state index >= 15 is 0 Å². The van der Waals surface area contributed by atoms with Crippen molar-refractivity contribution in [1.29, 1.82) is 0 Å². The van der Waals surface area contributed by atoms with Crippen LogP contribution in [0.15, 0.2) is 29.4 Å². The topological polar surface area (TPSA) is 46.5 Å². The van der Waals surface area contributed by atoms with Crippen molar-refractivity contribution < 1.29 is 4.79 Å². The Kier molecular flexibility index (Phi) is 4.68.